The molecule has 176 valence electrons. The molecule has 0 spiro atoms. The first-order valence-electron chi connectivity index (χ1n) is 11.5. The van der Waals surface area contributed by atoms with Gasteiger partial charge in [-0.1, -0.05) is 55.5 Å². The molecule has 33 heavy (non-hydrogen) atoms. The molecule has 0 radical (unpaired) electrons. The van der Waals surface area contributed by atoms with Gasteiger partial charge in [0, 0.05) is 25.7 Å². The first-order chi connectivity index (χ1) is 16.1. The van der Waals surface area contributed by atoms with Crippen LogP contribution in [0.4, 0.5) is 0 Å². The van der Waals surface area contributed by atoms with Crippen LogP contribution in [0.5, 0.6) is 17.4 Å². The number of allylic oxidation sites excluding steroid dienone is 1. The number of aliphatic hydroxyl groups excluding tert-OH is 1. The molecular formula is C27H35N3O3. The van der Waals surface area contributed by atoms with Gasteiger partial charge in [0.15, 0.2) is 11.5 Å². The van der Waals surface area contributed by atoms with Crippen molar-refractivity contribution in [1.82, 2.24) is 14.7 Å². The summed E-state index contributed by atoms with van der Waals surface area (Å²) in [6, 6.07) is 17.7. The SMILES string of the molecule is C=CCC[C@H](O)CN(CCC)Cc1c(-c2ccccc2)nn(C)c1Oc1ccccc1OC. The third kappa shape index (κ3) is 6.46. The van der Waals surface area contributed by atoms with E-state index in [-0.39, 0.29) is 0 Å². The van der Waals surface area contributed by atoms with Gasteiger partial charge in [-0.2, -0.15) is 5.10 Å². The van der Waals surface area contributed by atoms with Gasteiger partial charge in [-0.3, -0.25) is 4.90 Å². The Bertz CT molecular complexity index is 1020. The quantitative estimate of drug-likeness (QED) is 0.353. The third-order valence-electron chi connectivity index (χ3n) is 5.51. The molecular weight excluding hydrogens is 414 g/mol. The van der Waals surface area contributed by atoms with Crippen molar-refractivity contribution in [1.29, 1.82) is 0 Å². The molecule has 1 heterocycles. The number of rotatable bonds is 13. The molecule has 1 aromatic heterocycles. The van der Waals surface area contributed by atoms with Gasteiger partial charge in [0.2, 0.25) is 5.88 Å². The number of aromatic nitrogens is 2. The number of benzene rings is 2. The van der Waals surface area contributed by atoms with E-state index >= 15 is 0 Å². The lowest BCUT2D eigenvalue weighted by molar-refractivity contribution is 0.102. The van der Waals surface area contributed by atoms with Gasteiger partial charge in [0.05, 0.1) is 18.8 Å². The molecule has 0 bridgehead atoms. The highest BCUT2D eigenvalue weighted by atomic mass is 16.5. The Morgan fingerprint density at radius 3 is 2.48 bits per heavy atom. The largest absolute Gasteiger partial charge is 0.493 e. The second-order valence-electron chi connectivity index (χ2n) is 8.13. The van der Waals surface area contributed by atoms with E-state index < -0.39 is 6.10 Å². The van der Waals surface area contributed by atoms with Crippen LogP contribution >= 0.6 is 0 Å². The minimum atomic E-state index is -0.412. The summed E-state index contributed by atoms with van der Waals surface area (Å²) in [5, 5.41) is 15.4. The summed E-state index contributed by atoms with van der Waals surface area (Å²) in [6.07, 6.45) is 3.92. The molecule has 0 unspecified atom stereocenters. The Morgan fingerprint density at radius 2 is 1.82 bits per heavy atom. The van der Waals surface area contributed by atoms with Crippen LogP contribution in [0.1, 0.15) is 31.7 Å². The van der Waals surface area contributed by atoms with Crippen molar-refractivity contribution < 1.29 is 14.6 Å². The van der Waals surface area contributed by atoms with E-state index in [1.807, 2.05) is 55.6 Å². The maximum absolute atomic E-state index is 10.6. The molecule has 0 aliphatic heterocycles. The van der Waals surface area contributed by atoms with Gasteiger partial charge >= 0.3 is 0 Å². The van der Waals surface area contributed by atoms with Crippen molar-refractivity contribution in [3.63, 3.8) is 0 Å². The van der Waals surface area contributed by atoms with Gasteiger partial charge in [0.25, 0.3) is 0 Å². The summed E-state index contributed by atoms with van der Waals surface area (Å²) in [7, 11) is 3.53. The summed E-state index contributed by atoms with van der Waals surface area (Å²) in [4.78, 5) is 2.27. The molecule has 3 aromatic rings. The van der Waals surface area contributed by atoms with Crippen LogP contribution in [0.15, 0.2) is 67.3 Å². The van der Waals surface area contributed by atoms with Crippen molar-refractivity contribution in [3.05, 3.63) is 72.8 Å². The monoisotopic (exact) mass is 449 g/mol. The van der Waals surface area contributed by atoms with Crippen LogP contribution in [-0.4, -0.2) is 46.1 Å². The predicted molar refractivity (Wildman–Crippen MR) is 133 cm³/mol. The number of para-hydroxylation sites is 2. The van der Waals surface area contributed by atoms with E-state index in [2.05, 4.69) is 30.5 Å². The van der Waals surface area contributed by atoms with Crippen molar-refractivity contribution >= 4 is 0 Å². The molecule has 0 aliphatic rings. The van der Waals surface area contributed by atoms with Crippen molar-refractivity contribution in [2.75, 3.05) is 20.2 Å². The second-order valence-corrected chi connectivity index (χ2v) is 8.13. The molecule has 0 aliphatic carbocycles. The van der Waals surface area contributed by atoms with Crippen LogP contribution in [-0.2, 0) is 13.6 Å². The third-order valence-corrected chi connectivity index (χ3v) is 5.51. The zero-order valence-electron chi connectivity index (χ0n) is 19.9. The number of nitrogens with zero attached hydrogens (tertiary/aromatic N) is 3. The first-order valence-corrected chi connectivity index (χ1v) is 11.5. The smallest absolute Gasteiger partial charge is 0.222 e. The fourth-order valence-electron chi connectivity index (χ4n) is 3.93. The van der Waals surface area contributed by atoms with Gasteiger partial charge < -0.3 is 14.6 Å². The van der Waals surface area contributed by atoms with Gasteiger partial charge in [-0.15, -0.1) is 6.58 Å². The summed E-state index contributed by atoms with van der Waals surface area (Å²) in [5.74, 6) is 1.97. The Labute approximate surface area is 197 Å². The van der Waals surface area contributed by atoms with E-state index in [9.17, 15) is 5.11 Å². The van der Waals surface area contributed by atoms with E-state index in [1.54, 1.807) is 11.8 Å². The maximum atomic E-state index is 10.6. The number of ether oxygens (including phenoxy) is 2. The lowest BCUT2D eigenvalue weighted by Crippen LogP contribution is -2.33. The molecule has 1 N–H and O–H groups in total. The van der Waals surface area contributed by atoms with Crippen LogP contribution in [0.3, 0.4) is 0 Å². The second kappa shape index (κ2) is 12.2. The fourth-order valence-corrected chi connectivity index (χ4v) is 3.93. The van der Waals surface area contributed by atoms with E-state index in [4.69, 9.17) is 14.6 Å². The predicted octanol–water partition coefficient (Wildman–Crippen LogP) is 5.43. The summed E-state index contributed by atoms with van der Waals surface area (Å²) >= 11 is 0. The highest BCUT2D eigenvalue weighted by molar-refractivity contribution is 5.65. The Kier molecular flexibility index (Phi) is 9.10. The van der Waals surface area contributed by atoms with Gasteiger partial charge in [-0.25, -0.2) is 4.68 Å². The molecule has 0 saturated carbocycles. The summed E-state index contributed by atoms with van der Waals surface area (Å²) in [6.45, 7) is 7.97. The Hall–Kier alpha value is -3.09. The minimum Gasteiger partial charge on any atom is -0.493 e. The highest BCUT2D eigenvalue weighted by Gasteiger charge is 2.23. The van der Waals surface area contributed by atoms with Crippen LogP contribution in [0, 0.1) is 0 Å². The topological polar surface area (TPSA) is 59.8 Å². The summed E-state index contributed by atoms with van der Waals surface area (Å²) < 4.78 is 13.7. The number of hydrogen-bond donors (Lipinski definition) is 1. The zero-order chi connectivity index (χ0) is 23.6. The van der Waals surface area contributed by atoms with Crippen LogP contribution in [0.25, 0.3) is 11.3 Å². The van der Waals surface area contributed by atoms with Crippen molar-refractivity contribution in [2.45, 2.75) is 38.8 Å². The molecule has 0 fully saturated rings. The number of aliphatic hydroxyl groups is 1. The lowest BCUT2D eigenvalue weighted by atomic mass is 10.1. The fraction of sp³-hybridized carbons (Fsp3) is 0.370. The highest BCUT2D eigenvalue weighted by Crippen LogP contribution is 2.37. The van der Waals surface area contributed by atoms with Crippen LogP contribution in [0.2, 0.25) is 0 Å². The number of aryl methyl sites for hydroxylation is 1. The molecule has 2 aromatic carbocycles. The number of methoxy groups -OCH3 is 1. The molecule has 0 saturated heterocycles. The van der Waals surface area contributed by atoms with Crippen LogP contribution < -0.4 is 9.47 Å². The minimum absolute atomic E-state index is 0.412. The normalized spacial score (nSPS) is 12.0. The van der Waals surface area contributed by atoms with E-state index in [1.165, 1.54) is 0 Å². The standard InChI is InChI=1S/C27H35N3O3/c1-5-7-15-22(31)19-30(18-6-2)20-23-26(21-13-9-8-10-14-21)28-29(3)27(23)33-25-17-12-11-16-24(25)32-4/h5,8-14,16-17,22,31H,1,6-7,15,18-20H2,2-4H3/t22-/m0/s1. The lowest BCUT2D eigenvalue weighted by Gasteiger charge is -2.25. The average molecular weight is 450 g/mol. The molecule has 0 amide bonds. The molecule has 6 nitrogen and oxygen atoms in total. The molecule has 6 heteroatoms. The summed E-state index contributed by atoms with van der Waals surface area (Å²) in [5.41, 5.74) is 2.89. The average Bonchev–Trinajstić information content (AvgIpc) is 3.13. The van der Waals surface area contributed by atoms with E-state index in [0.717, 1.165) is 36.2 Å². The van der Waals surface area contributed by atoms with E-state index in [0.29, 0.717) is 36.9 Å². The molecule has 3 rings (SSSR count). The number of hydrogen-bond acceptors (Lipinski definition) is 5. The Morgan fingerprint density at radius 1 is 1.12 bits per heavy atom. The van der Waals surface area contributed by atoms with Gasteiger partial charge in [-0.05, 0) is 37.9 Å². The Balaban J connectivity index is 1.99. The zero-order valence-corrected chi connectivity index (χ0v) is 19.9. The first kappa shape index (κ1) is 24.6. The maximum Gasteiger partial charge on any atom is 0.222 e. The molecule has 1 atom stereocenters. The van der Waals surface area contributed by atoms with Gasteiger partial charge in [0.1, 0.15) is 5.69 Å². The van der Waals surface area contributed by atoms with Crippen molar-refractivity contribution in [2.24, 2.45) is 7.05 Å². The van der Waals surface area contributed by atoms with Crippen molar-refractivity contribution in [3.8, 4) is 28.6 Å².